The molecule has 3 aliphatic rings. The van der Waals surface area contributed by atoms with E-state index in [1.807, 2.05) is 6.07 Å². The van der Waals surface area contributed by atoms with Gasteiger partial charge in [-0.1, -0.05) is 87.8 Å². The number of amides is 7. The predicted molar refractivity (Wildman–Crippen MR) is 322 cm³/mol. The number of carbonyl (C=O) groups excluding carboxylic acids is 6. The molecule has 0 saturated carbocycles. The molecule has 0 atom stereocenters. The highest BCUT2D eigenvalue weighted by molar-refractivity contribution is 6.20. The molecule has 6 heterocycles. The lowest BCUT2D eigenvalue weighted by Gasteiger charge is -2.32. The van der Waals surface area contributed by atoms with Gasteiger partial charge in [0, 0.05) is 25.1 Å². The summed E-state index contributed by atoms with van der Waals surface area (Å²) in [5.74, 6) is -0.707. The second kappa shape index (κ2) is 28.8. The summed E-state index contributed by atoms with van der Waals surface area (Å²) < 4.78 is 0. The number of nitrogens with zero attached hydrogens (tertiary/aromatic N) is 9. The molecule has 0 radical (unpaired) electrons. The maximum atomic E-state index is 15.1. The van der Waals surface area contributed by atoms with Crippen LogP contribution < -0.4 is 36.0 Å². The van der Waals surface area contributed by atoms with Crippen molar-refractivity contribution in [2.24, 2.45) is 0 Å². The molecular weight excluding hydrogens is 1030 g/mol. The van der Waals surface area contributed by atoms with E-state index in [9.17, 15) is 24.0 Å². The van der Waals surface area contributed by atoms with Crippen LogP contribution in [0.25, 0.3) is 0 Å². The number of unbranched alkanes of at least 4 members (excludes halogenated alkanes) is 11. The molecule has 7 amide bonds. The Bertz CT molecular complexity index is 3210. The zero-order valence-electron chi connectivity index (χ0n) is 47.2. The second-order valence-electron chi connectivity index (χ2n) is 21.3. The number of benzene rings is 3. The van der Waals surface area contributed by atoms with Gasteiger partial charge in [-0.05, 0) is 158 Å². The number of fused-ring (bicyclic) bond motifs is 6. The van der Waals surface area contributed by atoms with Crippen molar-refractivity contribution < 1.29 is 28.8 Å². The van der Waals surface area contributed by atoms with E-state index in [0.717, 1.165) is 84.1 Å². The van der Waals surface area contributed by atoms with E-state index in [1.165, 1.54) is 51.7 Å². The summed E-state index contributed by atoms with van der Waals surface area (Å²) in [4.78, 5) is 107. The molecule has 428 valence electrons. The molecule has 3 aromatic heterocycles. The molecule has 0 saturated heterocycles. The topological polar surface area (TPSA) is 209 Å². The van der Waals surface area contributed by atoms with Crippen LogP contribution in [-0.2, 0) is 9.59 Å². The van der Waals surface area contributed by atoms with Gasteiger partial charge in [-0.15, -0.1) is 0 Å². The first-order valence-electron chi connectivity index (χ1n) is 29.0. The van der Waals surface area contributed by atoms with E-state index in [4.69, 9.17) is 0 Å². The number of nitrogens with one attached hydrogen (secondary N) is 4. The zero-order chi connectivity index (χ0) is 57.2. The highest BCUT2D eigenvalue weighted by atomic mass is 16.2. The fourth-order valence-corrected chi connectivity index (χ4v) is 10.8. The molecule has 3 aromatic carbocycles. The van der Waals surface area contributed by atoms with Crippen molar-refractivity contribution in [3.8, 4) is 0 Å². The van der Waals surface area contributed by atoms with Crippen LogP contribution in [0.2, 0.25) is 0 Å². The maximum Gasteiger partial charge on any atom is 0.330 e. The van der Waals surface area contributed by atoms with Crippen LogP contribution in [0, 0.1) is 0 Å². The van der Waals surface area contributed by atoms with Crippen LogP contribution in [0.15, 0.2) is 128 Å². The fourth-order valence-electron chi connectivity index (χ4n) is 10.8. The van der Waals surface area contributed by atoms with E-state index in [0.29, 0.717) is 63.1 Å². The number of rotatable bonds is 27. The molecule has 4 N–H and O–H groups in total. The summed E-state index contributed by atoms with van der Waals surface area (Å²) in [5.41, 5.74) is 3.52. The molecule has 0 fully saturated rings. The van der Waals surface area contributed by atoms with Crippen LogP contribution in [0.3, 0.4) is 0 Å². The first-order chi connectivity index (χ1) is 40.1. The number of carbonyl (C=O) groups is 6. The van der Waals surface area contributed by atoms with Gasteiger partial charge in [-0.2, -0.15) is 0 Å². The van der Waals surface area contributed by atoms with Crippen molar-refractivity contribution in [2.75, 3.05) is 97.1 Å². The first kappa shape index (κ1) is 58.3. The second-order valence-corrected chi connectivity index (χ2v) is 21.3. The van der Waals surface area contributed by atoms with E-state index in [1.54, 1.807) is 122 Å². The SMILES string of the molecule is CN(CCCCCCCCN(C)CCCCCCN(CC(=O)N1c2ccccc2C(=O)Nc2cccnc21)C(=O)N1c2ccccc2C(=O)Nc2cccnc21)CCCCCCNCC(=O)N1c2ccccc2C(=O)Nc2cccnc21. The summed E-state index contributed by atoms with van der Waals surface area (Å²) >= 11 is 0. The summed E-state index contributed by atoms with van der Waals surface area (Å²) in [6, 6.07) is 30.6. The predicted octanol–water partition coefficient (Wildman–Crippen LogP) is 10.8. The summed E-state index contributed by atoms with van der Waals surface area (Å²) in [6.45, 7) is 5.01. The molecular formula is C63H75N13O6. The van der Waals surface area contributed by atoms with Gasteiger partial charge >= 0.3 is 6.03 Å². The molecule has 82 heavy (non-hydrogen) atoms. The Morgan fingerprint density at radius 2 is 0.780 bits per heavy atom. The molecule has 6 aromatic rings. The van der Waals surface area contributed by atoms with Crippen molar-refractivity contribution in [3.05, 3.63) is 144 Å². The quantitative estimate of drug-likeness (QED) is 0.0355. The number of para-hydroxylation sites is 3. The standard InChI is InChI=1S/C63H75N13O6/c1-71(41-20-8-5-17-35-64-44-55(77)74-52-32-14-11-26-46(52)60(79)68-49-29-23-36-65-57(49)74)39-18-6-3-4-7-19-40-72(2)42-21-9-10-22-43-73(63(82)76-54-34-16-13-28-48(54)62(81)70-51-31-25-38-67-59(51)76)45-56(78)75-53-33-15-12-27-47(53)61(80)69-50-30-24-37-66-58(50)75/h11-16,23-34,36-38,64H,3-10,17-22,35,39-45H2,1-2H3,(H,68,79)(H,69,80)(H,70,81). The lowest BCUT2D eigenvalue weighted by molar-refractivity contribution is -0.118. The molecule has 9 rings (SSSR count). The number of hydrogen-bond acceptors (Lipinski definition) is 12. The lowest BCUT2D eigenvalue weighted by Crippen LogP contribution is -2.47. The van der Waals surface area contributed by atoms with E-state index in [-0.39, 0.29) is 54.9 Å². The number of urea groups is 1. The average Bonchev–Trinajstić information content (AvgIpc) is 4.05. The zero-order valence-corrected chi connectivity index (χ0v) is 47.2. The monoisotopic (exact) mass is 1110 g/mol. The molecule has 0 unspecified atom stereocenters. The van der Waals surface area contributed by atoms with Gasteiger partial charge < -0.3 is 36.0 Å². The highest BCUT2D eigenvalue weighted by Gasteiger charge is 2.37. The van der Waals surface area contributed by atoms with Crippen molar-refractivity contribution >= 4 is 87.1 Å². The van der Waals surface area contributed by atoms with Crippen molar-refractivity contribution in [3.63, 3.8) is 0 Å². The summed E-state index contributed by atoms with van der Waals surface area (Å²) in [7, 11) is 4.40. The van der Waals surface area contributed by atoms with Crippen LogP contribution in [0.1, 0.15) is 121 Å². The summed E-state index contributed by atoms with van der Waals surface area (Å²) in [5, 5.41) is 12.0. The third-order valence-electron chi connectivity index (χ3n) is 15.2. The molecule has 19 heteroatoms. The normalized spacial score (nSPS) is 13.3. The Balaban J connectivity index is 0.656. The van der Waals surface area contributed by atoms with Crippen LogP contribution in [0.4, 0.5) is 56.4 Å². The molecule has 19 nitrogen and oxygen atoms in total. The van der Waals surface area contributed by atoms with Crippen LogP contribution >= 0.6 is 0 Å². The molecule has 0 aliphatic carbocycles. The third-order valence-corrected chi connectivity index (χ3v) is 15.2. The Morgan fingerprint density at radius 3 is 1.22 bits per heavy atom. The van der Waals surface area contributed by atoms with Gasteiger partial charge in [-0.25, -0.2) is 24.6 Å². The van der Waals surface area contributed by atoms with Gasteiger partial charge in [0.1, 0.15) is 6.54 Å². The van der Waals surface area contributed by atoms with Gasteiger partial charge in [0.05, 0.1) is 57.4 Å². The van der Waals surface area contributed by atoms with Gasteiger partial charge in [-0.3, -0.25) is 33.8 Å². The number of pyridine rings is 3. The Hall–Kier alpha value is -8.39. The van der Waals surface area contributed by atoms with E-state index in [2.05, 4.69) is 60.1 Å². The smallest absolute Gasteiger partial charge is 0.319 e. The first-order valence-corrected chi connectivity index (χ1v) is 29.0. The minimum Gasteiger partial charge on any atom is -0.319 e. The largest absolute Gasteiger partial charge is 0.330 e. The number of hydrogen-bond donors (Lipinski definition) is 4. The molecule has 3 aliphatic heterocycles. The van der Waals surface area contributed by atoms with Crippen molar-refractivity contribution in [1.82, 2.24) is 35.0 Å². The number of anilines is 9. The van der Waals surface area contributed by atoms with Crippen LogP contribution in [0.5, 0.6) is 0 Å². The van der Waals surface area contributed by atoms with Gasteiger partial charge in [0.15, 0.2) is 17.5 Å². The van der Waals surface area contributed by atoms with Crippen molar-refractivity contribution in [1.29, 1.82) is 0 Å². The maximum absolute atomic E-state index is 15.1. The van der Waals surface area contributed by atoms with Gasteiger partial charge in [0.2, 0.25) is 5.91 Å². The third kappa shape index (κ3) is 14.6. The molecule has 0 spiro atoms. The van der Waals surface area contributed by atoms with E-state index < -0.39 is 11.9 Å². The Labute approximate surface area is 480 Å². The minimum absolute atomic E-state index is 0.150. The van der Waals surface area contributed by atoms with E-state index >= 15 is 4.79 Å². The van der Waals surface area contributed by atoms with Crippen molar-refractivity contribution in [2.45, 2.75) is 89.9 Å². The lowest BCUT2D eigenvalue weighted by atomic mass is 10.1. The molecule has 0 bridgehead atoms. The fraction of sp³-hybridized carbons (Fsp3) is 0.381. The Kier molecular flexibility index (Phi) is 20.5. The minimum atomic E-state index is -0.512. The van der Waals surface area contributed by atoms with Crippen LogP contribution in [-0.4, -0.2) is 132 Å². The Morgan fingerprint density at radius 1 is 0.427 bits per heavy atom. The van der Waals surface area contributed by atoms with Gasteiger partial charge in [0.25, 0.3) is 23.6 Å². The summed E-state index contributed by atoms with van der Waals surface area (Å²) in [6.07, 6.45) is 19.8. The highest BCUT2D eigenvalue weighted by Crippen LogP contribution is 2.40. The average molecular weight is 1110 g/mol. The number of aromatic nitrogens is 3.